The minimum Gasteiger partial charge on any atom is -0.331 e. The molecule has 0 radical (unpaired) electrons. The van der Waals surface area contributed by atoms with Crippen molar-refractivity contribution in [2.24, 2.45) is 5.92 Å². The molecule has 0 spiro atoms. The number of hydrogen-bond acceptors (Lipinski definition) is 3. The fourth-order valence-corrected chi connectivity index (χ4v) is 2.85. The molecular weight excluding hydrogens is 278 g/mol. The topological polar surface area (TPSA) is 62.3 Å². The number of anilines is 1. The van der Waals surface area contributed by atoms with Crippen LogP contribution in [0.15, 0.2) is 24.5 Å². The van der Waals surface area contributed by atoms with Gasteiger partial charge in [0.2, 0.25) is 0 Å². The number of likely N-dealkylation sites (tertiary alicyclic amines) is 1. The molecule has 1 aromatic heterocycles. The monoisotopic (exact) mass is 303 g/mol. The summed E-state index contributed by atoms with van der Waals surface area (Å²) in [5, 5.41) is 2.63. The third kappa shape index (κ3) is 4.55. The van der Waals surface area contributed by atoms with Gasteiger partial charge in [-0.25, -0.2) is 0 Å². The second kappa shape index (κ2) is 7.92. The molecule has 0 aromatic carbocycles. The van der Waals surface area contributed by atoms with Gasteiger partial charge in [0.05, 0.1) is 11.9 Å². The second-order valence-corrected chi connectivity index (χ2v) is 6.32. The molecule has 0 aliphatic carbocycles. The van der Waals surface area contributed by atoms with Gasteiger partial charge in [-0.15, -0.1) is 0 Å². The van der Waals surface area contributed by atoms with Crippen molar-refractivity contribution in [1.82, 2.24) is 9.88 Å². The Balaban J connectivity index is 1.97. The highest BCUT2D eigenvalue weighted by Gasteiger charge is 2.30. The zero-order chi connectivity index (χ0) is 15.9. The lowest BCUT2D eigenvalue weighted by Crippen LogP contribution is -2.48. The van der Waals surface area contributed by atoms with Crippen LogP contribution in [-0.4, -0.2) is 34.3 Å². The molecule has 1 N–H and O–H groups in total. The van der Waals surface area contributed by atoms with Crippen molar-refractivity contribution in [3.8, 4) is 0 Å². The van der Waals surface area contributed by atoms with Gasteiger partial charge >= 0.3 is 11.8 Å². The molecule has 2 heterocycles. The van der Waals surface area contributed by atoms with Gasteiger partial charge in [0.15, 0.2) is 0 Å². The minimum absolute atomic E-state index is 0.197. The molecule has 1 unspecified atom stereocenters. The predicted octanol–water partition coefficient (Wildman–Crippen LogP) is 2.84. The number of hydrogen-bond donors (Lipinski definition) is 1. The Hall–Kier alpha value is -1.91. The van der Waals surface area contributed by atoms with Crippen LogP contribution in [-0.2, 0) is 9.59 Å². The fraction of sp³-hybridized carbons (Fsp3) is 0.588. The van der Waals surface area contributed by atoms with Gasteiger partial charge in [-0.1, -0.05) is 13.8 Å². The van der Waals surface area contributed by atoms with E-state index in [0.717, 1.165) is 32.1 Å². The van der Waals surface area contributed by atoms with Crippen molar-refractivity contribution >= 4 is 17.5 Å². The van der Waals surface area contributed by atoms with Gasteiger partial charge < -0.3 is 10.2 Å². The molecule has 1 aliphatic rings. The summed E-state index contributed by atoms with van der Waals surface area (Å²) in [6.45, 7) is 5.05. The first-order valence-electron chi connectivity index (χ1n) is 8.10. The summed E-state index contributed by atoms with van der Waals surface area (Å²) >= 11 is 0. The van der Waals surface area contributed by atoms with Gasteiger partial charge in [0.1, 0.15) is 0 Å². The maximum absolute atomic E-state index is 12.5. The lowest BCUT2D eigenvalue weighted by atomic mass is 9.94. The van der Waals surface area contributed by atoms with Crippen LogP contribution in [0.3, 0.4) is 0 Å². The number of nitrogens with zero attached hydrogens (tertiary/aromatic N) is 2. The molecule has 5 nitrogen and oxygen atoms in total. The highest BCUT2D eigenvalue weighted by atomic mass is 16.2. The number of amides is 2. The summed E-state index contributed by atoms with van der Waals surface area (Å²) in [5.74, 6) is -0.371. The van der Waals surface area contributed by atoms with E-state index in [0.29, 0.717) is 18.2 Å². The summed E-state index contributed by atoms with van der Waals surface area (Å²) in [7, 11) is 0. The van der Waals surface area contributed by atoms with Crippen LogP contribution in [0.25, 0.3) is 0 Å². The summed E-state index contributed by atoms with van der Waals surface area (Å²) < 4.78 is 0. The van der Waals surface area contributed by atoms with Crippen LogP contribution in [0.5, 0.6) is 0 Å². The van der Waals surface area contributed by atoms with Crippen LogP contribution < -0.4 is 5.32 Å². The third-order valence-electron chi connectivity index (χ3n) is 4.08. The highest BCUT2D eigenvalue weighted by Crippen LogP contribution is 2.23. The number of aromatic nitrogens is 1. The SMILES string of the molecule is CC(C)CCC1CCCCN1C(=O)C(=O)Nc1cccnc1. The molecule has 22 heavy (non-hydrogen) atoms. The third-order valence-corrected chi connectivity index (χ3v) is 4.08. The average Bonchev–Trinajstić information content (AvgIpc) is 2.53. The molecule has 1 atom stereocenters. The van der Waals surface area contributed by atoms with Crippen LogP contribution in [0.4, 0.5) is 5.69 Å². The van der Waals surface area contributed by atoms with Crippen molar-refractivity contribution in [3.63, 3.8) is 0 Å². The van der Waals surface area contributed by atoms with E-state index in [9.17, 15) is 9.59 Å². The Labute approximate surface area is 132 Å². The van der Waals surface area contributed by atoms with E-state index in [1.54, 1.807) is 23.2 Å². The van der Waals surface area contributed by atoms with E-state index in [1.807, 2.05) is 0 Å². The fourth-order valence-electron chi connectivity index (χ4n) is 2.85. The molecule has 1 aromatic rings. The van der Waals surface area contributed by atoms with Crippen LogP contribution in [0, 0.1) is 5.92 Å². The minimum atomic E-state index is -0.565. The normalized spacial score (nSPS) is 18.3. The van der Waals surface area contributed by atoms with Crippen LogP contribution in [0.1, 0.15) is 46.0 Å². The molecule has 0 bridgehead atoms. The van der Waals surface area contributed by atoms with E-state index in [4.69, 9.17) is 0 Å². The second-order valence-electron chi connectivity index (χ2n) is 6.32. The average molecular weight is 303 g/mol. The summed E-state index contributed by atoms with van der Waals surface area (Å²) in [6.07, 6.45) is 8.34. The standard InChI is InChI=1S/C17H25N3O2/c1-13(2)8-9-15-7-3-4-11-20(15)17(22)16(21)19-14-6-5-10-18-12-14/h5-6,10,12-13,15H,3-4,7-9,11H2,1-2H3,(H,19,21). The van der Waals surface area contributed by atoms with E-state index in [-0.39, 0.29) is 6.04 Å². The molecule has 0 saturated carbocycles. The van der Waals surface area contributed by atoms with Gasteiger partial charge in [-0.3, -0.25) is 14.6 Å². The van der Waals surface area contributed by atoms with Gasteiger partial charge in [-0.2, -0.15) is 0 Å². The summed E-state index contributed by atoms with van der Waals surface area (Å²) in [6, 6.07) is 3.65. The number of carbonyl (C=O) groups excluding carboxylic acids is 2. The maximum Gasteiger partial charge on any atom is 0.313 e. The van der Waals surface area contributed by atoms with Crippen LogP contribution in [0.2, 0.25) is 0 Å². The first kappa shape index (κ1) is 16.5. The molecule has 2 amide bonds. The quantitative estimate of drug-likeness (QED) is 0.870. The Kier molecular flexibility index (Phi) is 5.92. The van der Waals surface area contributed by atoms with E-state index < -0.39 is 11.8 Å². The Morgan fingerprint density at radius 2 is 2.23 bits per heavy atom. The lowest BCUT2D eigenvalue weighted by molar-refractivity contribution is -0.145. The molecular formula is C17H25N3O2. The van der Waals surface area contributed by atoms with Crippen LogP contribution >= 0.6 is 0 Å². The first-order chi connectivity index (χ1) is 10.6. The Morgan fingerprint density at radius 3 is 2.91 bits per heavy atom. The van der Waals surface area contributed by atoms with Gasteiger partial charge in [0, 0.05) is 18.8 Å². The zero-order valence-corrected chi connectivity index (χ0v) is 13.4. The Bertz CT molecular complexity index is 502. The van der Waals surface area contributed by atoms with E-state index in [1.165, 1.54) is 6.20 Å². The van der Waals surface area contributed by atoms with Crippen molar-refractivity contribution in [2.45, 2.75) is 52.0 Å². The lowest BCUT2D eigenvalue weighted by Gasteiger charge is -2.35. The highest BCUT2D eigenvalue weighted by molar-refractivity contribution is 6.39. The van der Waals surface area contributed by atoms with Crippen molar-refractivity contribution < 1.29 is 9.59 Å². The van der Waals surface area contributed by atoms with Crippen molar-refractivity contribution in [2.75, 3.05) is 11.9 Å². The largest absolute Gasteiger partial charge is 0.331 e. The van der Waals surface area contributed by atoms with E-state index in [2.05, 4.69) is 24.1 Å². The number of rotatable bonds is 4. The van der Waals surface area contributed by atoms with Gasteiger partial charge in [-0.05, 0) is 50.2 Å². The van der Waals surface area contributed by atoms with Gasteiger partial charge in [0.25, 0.3) is 0 Å². The molecule has 2 rings (SSSR count). The Morgan fingerprint density at radius 1 is 1.41 bits per heavy atom. The maximum atomic E-state index is 12.5. The number of nitrogens with one attached hydrogen (secondary N) is 1. The smallest absolute Gasteiger partial charge is 0.313 e. The molecule has 1 saturated heterocycles. The summed E-state index contributed by atoms with van der Waals surface area (Å²) in [5.41, 5.74) is 0.552. The molecule has 120 valence electrons. The number of carbonyl (C=O) groups is 2. The molecule has 5 heteroatoms. The molecule has 1 fully saturated rings. The number of pyridine rings is 1. The predicted molar refractivity (Wildman–Crippen MR) is 86.3 cm³/mol. The number of piperidine rings is 1. The first-order valence-corrected chi connectivity index (χ1v) is 8.10. The molecule has 1 aliphatic heterocycles. The van der Waals surface area contributed by atoms with Crippen molar-refractivity contribution in [1.29, 1.82) is 0 Å². The summed E-state index contributed by atoms with van der Waals surface area (Å²) in [4.78, 5) is 30.3. The van der Waals surface area contributed by atoms with Crippen molar-refractivity contribution in [3.05, 3.63) is 24.5 Å². The zero-order valence-electron chi connectivity index (χ0n) is 13.4. The van der Waals surface area contributed by atoms with E-state index >= 15 is 0 Å².